The first-order valence-electron chi connectivity index (χ1n) is 9.48. The van der Waals surface area contributed by atoms with Gasteiger partial charge in [0.25, 0.3) is 0 Å². The first-order valence-corrected chi connectivity index (χ1v) is 10.3. The minimum atomic E-state index is -1.44. The minimum absolute atomic E-state index is 0.159. The molecule has 2 saturated carbocycles. The molecule has 2 aromatic rings. The van der Waals surface area contributed by atoms with Crippen molar-refractivity contribution in [1.82, 2.24) is 5.32 Å². The largest absolute Gasteiger partial charge is 0.497 e. The van der Waals surface area contributed by atoms with Crippen molar-refractivity contribution < 1.29 is 13.5 Å². The van der Waals surface area contributed by atoms with Gasteiger partial charge < -0.3 is 10.1 Å². The van der Waals surface area contributed by atoms with Crippen LogP contribution in [0.1, 0.15) is 41.0 Å². The van der Waals surface area contributed by atoms with Crippen LogP contribution in [0.25, 0.3) is 0 Å². The Labute approximate surface area is 166 Å². The average molecular weight is 434 g/mol. The van der Waals surface area contributed by atoms with Crippen LogP contribution in [0.3, 0.4) is 0 Å². The van der Waals surface area contributed by atoms with E-state index in [9.17, 15) is 4.39 Å². The zero-order chi connectivity index (χ0) is 18.8. The van der Waals surface area contributed by atoms with Gasteiger partial charge in [0.1, 0.15) is 11.6 Å². The van der Waals surface area contributed by atoms with Crippen molar-refractivity contribution in [3.05, 3.63) is 64.5 Å². The molecule has 1 spiro atoms. The second-order valence-electron chi connectivity index (χ2n) is 8.23. The number of ether oxygens (including phenoxy) is 1. The number of nitrogens with one attached hydrogen (secondary N) is 1. The number of benzene rings is 2. The molecule has 142 valence electrons. The molecule has 0 amide bonds. The molecular weight excluding hydrogens is 412 g/mol. The normalized spacial score (nSPS) is 33.6. The maximum Gasteiger partial charge on any atom is 0.172 e. The maximum absolute atomic E-state index is 15.5. The van der Waals surface area contributed by atoms with Crippen LogP contribution in [-0.4, -0.2) is 18.2 Å². The van der Waals surface area contributed by atoms with E-state index in [0.29, 0.717) is 24.4 Å². The third kappa shape index (κ3) is 2.82. The number of hydrogen-bond acceptors (Lipinski definition) is 2. The second kappa shape index (κ2) is 6.02. The predicted molar refractivity (Wildman–Crippen MR) is 105 cm³/mol. The summed E-state index contributed by atoms with van der Waals surface area (Å²) >= 11 is 3.08. The summed E-state index contributed by atoms with van der Waals surface area (Å²) in [5, 5.41) is 3.47. The van der Waals surface area contributed by atoms with E-state index in [0.717, 1.165) is 36.3 Å². The van der Waals surface area contributed by atoms with Crippen molar-refractivity contribution >= 4 is 15.9 Å². The van der Waals surface area contributed by atoms with Gasteiger partial charge in [0.15, 0.2) is 4.58 Å². The quantitative estimate of drug-likeness (QED) is 0.685. The fourth-order valence-corrected chi connectivity index (χ4v) is 5.43. The van der Waals surface area contributed by atoms with Crippen LogP contribution in [0.15, 0.2) is 36.4 Å². The van der Waals surface area contributed by atoms with Crippen LogP contribution < -0.4 is 10.1 Å². The highest BCUT2D eigenvalue weighted by atomic mass is 79.9. The summed E-state index contributed by atoms with van der Waals surface area (Å²) in [5.74, 6) is 0.711. The molecule has 1 heterocycles. The van der Waals surface area contributed by atoms with Gasteiger partial charge in [-0.2, -0.15) is 0 Å². The van der Waals surface area contributed by atoms with Gasteiger partial charge in [-0.15, -0.1) is 0 Å². The summed E-state index contributed by atoms with van der Waals surface area (Å²) < 4.78 is 33.4. The second-order valence-corrected chi connectivity index (χ2v) is 9.55. The number of hydrogen-bond donors (Lipinski definition) is 1. The van der Waals surface area contributed by atoms with Gasteiger partial charge in [0.2, 0.25) is 0 Å². The smallest absolute Gasteiger partial charge is 0.172 e. The lowest BCUT2D eigenvalue weighted by atomic mass is 9.82. The Balaban J connectivity index is 1.45. The molecule has 0 bridgehead atoms. The molecule has 5 rings (SSSR count). The Morgan fingerprint density at radius 1 is 1.19 bits per heavy atom. The van der Waals surface area contributed by atoms with E-state index >= 15 is 4.39 Å². The zero-order valence-corrected chi connectivity index (χ0v) is 16.8. The molecule has 2 aromatic carbocycles. The van der Waals surface area contributed by atoms with Crippen LogP contribution >= 0.6 is 15.9 Å². The Morgan fingerprint density at radius 3 is 2.59 bits per heavy atom. The predicted octanol–water partition coefficient (Wildman–Crippen LogP) is 4.99. The summed E-state index contributed by atoms with van der Waals surface area (Å²) in [5.41, 5.74) is 3.48. The van der Waals surface area contributed by atoms with Crippen LogP contribution in [-0.2, 0) is 18.4 Å². The fourth-order valence-electron chi connectivity index (χ4n) is 4.86. The van der Waals surface area contributed by atoms with E-state index in [-0.39, 0.29) is 17.2 Å². The summed E-state index contributed by atoms with van der Waals surface area (Å²) in [4.78, 5) is 0. The average Bonchev–Trinajstić information content (AvgIpc) is 3.51. The van der Waals surface area contributed by atoms with Crippen LogP contribution in [0.5, 0.6) is 5.75 Å². The highest BCUT2D eigenvalue weighted by molar-refractivity contribution is 9.10. The first-order chi connectivity index (χ1) is 12.9. The molecule has 4 atom stereocenters. The number of halogens is 3. The molecule has 1 aliphatic heterocycles. The molecule has 2 aliphatic carbocycles. The van der Waals surface area contributed by atoms with Crippen molar-refractivity contribution in [3.8, 4) is 5.75 Å². The Morgan fingerprint density at radius 2 is 1.93 bits per heavy atom. The SMILES string of the molecule is COc1ccc(CC2CC23CNCc2ccc(C4CC4(F)Br)c(F)c23)cc1. The van der Waals surface area contributed by atoms with Crippen molar-refractivity contribution in [2.24, 2.45) is 5.92 Å². The molecule has 4 unspecified atom stereocenters. The van der Waals surface area contributed by atoms with Crippen LogP contribution in [0.4, 0.5) is 8.78 Å². The lowest BCUT2D eigenvalue weighted by molar-refractivity contribution is 0.414. The molecular formula is C22H22BrF2NO. The van der Waals surface area contributed by atoms with Gasteiger partial charge in [-0.25, -0.2) is 8.78 Å². The summed E-state index contributed by atoms with van der Waals surface area (Å²) in [6.45, 7) is 1.48. The van der Waals surface area contributed by atoms with Gasteiger partial charge in [-0.05, 0) is 63.5 Å². The third-order valence-electron chi connectivity index (χ3n) is 6.59. The lowest BCUT2D eigenvalue weighted by Crippen LogP contribution is -2.36. The summed E-state index contributed by atoms with van der Waals surface area (Å²) in [7, 11) is 1.66. The summed E-state index contributed by atoms with van der Waals surface area (Å²) in [6, 6.07) is 11.9. The van der Waals surface area contributed by atoms with E-state index in [1.165, 1.54) is 5.56 Å². The van der Waals surface area contributed by atoms with Crippen LogP contribution in [0.2, 0.25) is 0 Å². The molecule has 2 nitrogen and oxygen atoms in total. The van der Waals surface area contributed by atoms with E-state index in [2.05, 4.69) is 33.4 Å². The summed E-state index contributed by atoms with van der Waals surface area (Å²) in [6.07, 6.45) is 2.24. The van der Waals surface area contributed by atoms with E-state index < -0.39 is 4.58 Å². The first kappa shape index (κ1) is 17.6. The molecule has 5 heteroatoms. The molecule has 0 saturated heterocycles. The maximum atomic E-state index is 15.5. The fraction of sp³-hybridized carbons (Fsp3) is 0.455. The van der Waals surface area contributed by atoms with E-state index in [1.54, 1.807) is 13.2 Å². The standard InChI is InChI=1S/C22H22BrF2NO/c1-27-16-5-2-13(3-6-16)8-15-9-21(15)12-26-11-14-4-7-17(20(24)19(14)21)18-10-22(18,23)25/h2-7,15,18,26H,8-12H2,1H3. The molecule has 3 aliphatic rings. The Kier molecular flexibility index (Phi) is 3.93. The molecule has 0 radical (unpaired) electrons. The Bertz CT molecular complexity index is 898. The molecule has 1 N–H and O–H groups in total. The van der Waals surface area contributed by atoms with Gasteiger partial charge >= 0.3 is 0 Å². The number of fused-ring (bicyclic) bond motifs is 2. The van der Waals surface area contributed by atoms with Gasteiger partial charge in [-0.3, -0.25) is 0 Å². The van der Waals surface area contributed by atoms with Gasteiger partial charge in [0.05, 0.1) is 7.11 Å². The van der Waals surface area contributed by atoms with Crippen molar-refractivity contribution in [1.29, 1.82) is 0 Å². The third-order valence-corrected chi connectivity index (χ3v) is 7.46. The van der Waals surface area contributed by atoms with Crippen LogP contribution in [0, 0.1) is 11.7 Å². The van der Waals surface area contributed by atoms with Gasteiger partial charge in [-0.1, -0.05) is 24.3 Å². The molecule has 2 fully saturated rings. The number of methoxy groups -OCH3 is 1. The zero-order valence-electron chi connectivity index (χ0n) is 15.2. The Hall–Kier alpha value is -1.46. The highest BCUT2D eigenvalue weighted by Crippen LogP contribution is 2.62. The van der Waals surface area contributed by atoms with Crippen molar-refractivity contribution in [2.45, 2.75) is 41.7 Å². The highest BCUT2D eigenvalue weighted by Gasteiger charge is 2.60. The van der Waals surface area contributed by atoms with Crippen molar-refractivity contribution in [3.63, 3.8) is 0 Å². The number of alkyl halides is 2. The van der Waals surface area contributed by atoms with E-state index in [4.69, 9.17) is 4.74 Å². The number of rotatable bonds is 4. The topological polar surface area (TPSA) is 21.3 Å². The van der Waals surface area contributed by atoms with Crippen molar-refractivity contribution in [2.75, 3.05) is 13.7 Å². The molecule has 27 heavy (non-hydrogen) atoms. The minimum Gasteiger partial charge on any atom is -0.497 e. The van der Waals surface area contributed by atoms with Gasteiger partial charge in [0, 0.05) is 36.4 Å². The van der Waals surface area contributed by atoms with E-state index in [1.807, 2.05) is 18.2 Å². The lowest BCUT2D eigenvalue weighted by Gasteiger charge is -2.29. The molecule has 0 aromatic heterocycles. The monoisotopic (exact) mass is 433 g/mol.